The molecule has 44 heavy (non-hydrogen) atoms. The van der Waals surface area contributed by atoms with Crippen molar-refractivity contribution in [3.05, 3.63) is 76.9 Å². The summed E-state index contributed by atoms with van der Waals surface area (Å²) >= 11 is 1.46. The van der Waals surface area contributed by atoms with Crippen molar-refractivity contribution in [1.29, 1.82) is 0 Å². The number of halogens is 3. The van der Waals surface area contributed by atoms with Crippen molar-refractivity contribution < 1.29 is 32.2 Å². The number of hydrogen-bond acceptors (Lipinski definition) is 7. The van der Waals surface area contributed by atoms with Crippen LogP contribution in [-0.4, -0.2) is 62.9 Å². The Kier molecular flexibility index (Phi) is 8.83. The summed E-state index contributed by atoms with van der Waals surface area (Å²) in [4.78, 5) is 40.8. The van der Waals surface area contributed by atoms with E-state index in [-0.39, 0.29) is 29.5 Å². The first kappa shape index (κ1) is 31.2. The third kappa shape index (κ3) is 7.65. The number of aromatic nitrogens is 2. The molecule has 1 aliphatic heterocycles. The number of amides is 2. The van der Waals surface area contributed by atoms with E-state index in [1.165, 1.54) is 23.6 Å². The molecule has 0 aliphatic carbocycles. The highest BCUT2D eigenvalue weighted by Gasteiger charge is 2.34. The Morgan fingerprint density at radius 2 is 1.73 bits per heavy atom. The van der Waals surface area contributed by atoms with E-state index in [1.54, 1.807) is 34.9 Å². The molecule has 0 bridgehead atoms. The summed E-state index contributed by atoms with van der Waals surface area (Å²) in [5.74, 6) is -0.512. The molecule has 0 radical (unpaired) electrons. The molecule has 0 spiro atoms. The molecular formula is C32H33F3N4O4S. The molecule has 2 amide bonds. The van der Waals surface area contributed by atoms with E-state index in [4.69, 9.17) is 4.74 Å². The minimum Gasteiger partial charge on any atom is -0.444 e. The Hall–Kier alpha value is -4.19. The molecule has 8 nitrogen and oxygen atoms in total. The number of para-hydroxylation sites is 2. The van der Waals surface area contributed by atoms with Crippen molar-refractivity contribution in [2.45, 2.75) is 65.1 Å². The summed E-state index contributed by atoms with van der Waals surface area (Å²) in [6.45, 7) is 8.21. The first-order valence-corrected chi connectivity index (χ1v) is 15.0. The van der Waals surface area contributed by atoms with Gasteiger partial charge in [0.05, 0.1) is 23.8 Å². The molecule has 3 heterocycles. The summed E-state index contributed by atoms with van der Waals surface area (Å²) in [7, 11) is 0. The van der Waals surface area contributed by atoms with Gasteiger partial charge in [-0.05, 0) is 94.1 Å². The Morgan fingerprint density at radius 1 is 1.02 bits per heavy atom. The van der Waals surface area contributed by atoms with Crippen LogP contribution in [0.5, 0.6) is 5.75 Å². The van der Waals surface area contributed by atoms with E-state index in [2.05, 4.69) is 14.7 Å². The third-order valence-corrected chi connectivity index (χ3v) is 8.28. The number of rotatable bonds is 6. The van der Waals surface area contributed by atoms with Gasteiger partial charge in [-0.3, -0.25) is 9.78 Å². The molecular weight excluding hydrogens is 593 g/mol. The lowest BCUT2D eigenvalue weighted by molar-refractivity contribution is -0.274. The second kappa shape index (κ2) is 12.4. The predicted octanol–water partition coefficient (Wildman–Crippen LogP) is 7.61. The zero-order valence-electron chi connectivity index (χ0n) is 24.9. The minimum atomic E-state index is -4.77. The van der Waals surface area contributed by atoms with Crippen LogP contribution >= 0.6 is 11.3 Å². The molecule has 2 aromatic carbocycles. The van der Waals surface area contributed by atoms with Crippen LogP contribution in [0.15, 0.2) is 60.8 Å². The number of ether oxygens (including phenoxy) is 2. The Morgan fingerprint density at radius 3 is 2.39 bits per heavy atom. The molecule has 4 aromatic rings. The van der Waals surface area contributed by atoms with E-state index in [9.17, 15) is 22.8 Å². The number of fused-ring (bicyclic) bond motifs is 1. The second-order valence-electron chi connectivity index (χ2n) is 11.7. The Labute approximate surface area is 257 Å². The molecule has 0 N–H and O–H groups in total. The second-order valence-corrected chi connectivity index (χ2v) is 12.8. The van der Waals surface area contributed by atoms with E-state index in [0.717, 1.165) is 15.3 Å². The molecule has 0 unspecified atom stereocenters. The molecule has 2 aromatic heterocycles. The number of likely N-dealkylation sites (tertiary alicyclic amines) is 1. The van der Waals surface area contributed by atoms with E-state index in [1.807, 2.05) is 51.1 Å². The zero-order chi connectivity index (χ0) is 31.6. The van der Waals surface area contributed by atoms with Gasteiger partial charge in [0.1, 0.15) is 17.0 Å². The van der Waals surface area contributed by atoms with Gasteiger partial charge in [-0.15, -0.1) is 24.5 Å². The third-order valence-electron chi connectivity index (χ3n) is 7.16. The van der Waals surface area contributed by atoms with E-state index < -0.39 is 12.0 Å². The van der Waals surface area contributed by atoms with Gasteiger partial charge in [-0.25, -0.2) is 9.78 Å². The van der Waals surface area contributed by atoms with Crippen LogP contribution in [0.1, 0.15) is 54.5 Å². The van der Waals surface area contributed by atoms with Gasteiger partial charge in [0.15, 0.2) is 0 Å². The highest BCUT2D eigenvalue weighted by molar-refractivity contribution is 7.15. The zero-order valence-corrected chi connectivity index (χ0v) is 25.7. The first-order chi connectivity index (χ1) is 20.8. The standard InChI is InChI=1S/C32H33F3N4O4S/c1-20-17-21(9-11-27(20)42-32(33,34)35)28-12-10-23(44-28)19-39(22-13-15-38(16-14-22)30(41)43-31(2,3)4)29(40)26-18-36-24-7-5-6-8-25(24)37-26/h5-12,17-18,22H,13-16,19H2,1-4H3. The van der Waals surface area contributed by atoms with Crippen molar-refractivity contribution in [1.82, 2.24) is 19.8 Å². The van der Waals surface area contributed by atoms with Crippen LogP contribution in [0.25, 0.3) is 21.5 Å². The average molecular weight is 627 g/mol. The van der Waals surface area contributed by atoms with Gasteiger partial charge in [-0.1, -0.05) is 12.1 Å². The lowest BCUT2D eigenvalue weighted by Crippen LogP contribution is -2.49. The van der Waals surface area contributed by atoms with Crippen LogP contribution in [0.3, 0.4) is 0 Å². The summed E-state index contributed by atoms with van der Waals surface area (Å²) in [5.41, 5.74) is 2.03. The number of piperidine rings is 1. The number of alkyl halides is 3. The maximum absolute atomic E-state index is 14.0. The largest absolute Gasteiger partial charge is 0.573 e. The van der Waals surface area contributed by atoms with Gasteiger partial charge in [0, 0.05) is 28.9 Å². The van der Waals surface area contributed by atoms with Crippen molar-refractivity contribution in [2.24, 2.45) is 0 Å². The summed E-state index contributed by atoms with van der Waals surface area (Å²) in [6.07, 6.45) is -2.54. The van der Waals surface area contributed by atoms with E-state index >= 15 is 0 Å². The fourth-order valence-electron chi connectivity index (χ4n) is 5.09. The van der Waals surface area contributed by atoms with Gasteiger partial charge in [-0.2, -0.15) is 0 Å². The van der Waals surface area contributed by atoms with Crippen molar-refractivity contribution in [3.8, 4) is 16.2 Å². The summed E-state index contributed by atoms with van der Waals surface area (Å²) < 4.78 is 47.8. The predicted molar refractivity (Wildman–Crippen MR) is 161 cm³/mol. The van der Waals surface area contributed by atoms with Gasteiger partial charge < -0.3 is 19.3 Å². The Balaban J connectivity index is 1.38. The smallest absolute Gasteiger partial charge is 0.444 e. The fourth-order valence-corrected chi connectivity index (χ4v) is 6.09. The van der Waals surface area contributed by atoms with Gasteiger partial charge >= 0.3 is 12.5 Å². The average Bonchev–Trinajstić information content (AvgIpc) is 3.44. The minimum absolute atomic E-state index is 0.166. The quantitative estimate of drug-likeness (QED) is 0.219. The molecule has 5 rings (SSSR count). The van der Waals surface area contributed by atoms with E-state index in [0.29, 0.717) is 49.1 Å². The Bertz CT molecular complexity index is 1660. The number of thiophene rings is 1. The topological polar surface area (TPSA) is 84.9 Å². The molecule has 1 saturated heterocycles. The highest BCUT2D eigenvalue weighted by Crippen LogP contribution is 2.34. The van der Waals surface area contributed by atoms with Crippen molar-refractivity contribution in [2.75, 3.05) is 13.1 Å². The van der Waals surface area contributed by atoms with Crippen LogP contribution in [0.2, 0.25) is 0 Å². The maximum atomic E-state index is 14.0. The SMILES string of the molecule is Cc1cc(-c2ccc(CN(C(=O)c3cnc4ccccc4n3)C3CCN(C(=O)OC(C)(C)C)CC3)s2)ccc1OC(F)(F)F. The van der Waals surface area contributed by atoms with Crippen LogP contribution in [0, 0.1) is 6.92 Å². The molecule has 0 atom stereocenters. The van der Waals surface area contributed by atoms with Crippen molar-refractivity contribution >= 4 is 34.4 Å². The maximum Gasteiger partial charge on any atom is 0.573 e. The number of aryl methyl sites for hydroxylation is 1. The van der Waals surface area contributed by atoms with Crippen LogP contribution in [0.4, 0.5) is 18.0 Å². The van der Waals surface area contributed by atoms with Gasteiger partial charge in [0.25, 0.3) is 5.91 Å². The lowest BCUT2D eigenvalue weighted by Gasteiger charge is -2.38. The van der Waals surface area contributed by atoms with Crippen LogP contribution in [-0.2, 0) is 11.3 Å². The molecule has 232 valence electrons. The number of carbonyl (C=O) groups is 2. The number of carbonyl (C=O) groups excluding carboxylic acids is 2. The molecule has 0 saturated carbocycles. The summed E-state index contributed by atoms with van der Waals surface area (Å²) in [6, 6.07) is 15.5. The molecule has 12 heteroatoms. The molecule has 1 fully saturated rings. The monoisotopic (exact) mass is 626 g/mol. The first-order valence-electron chi connectivity index (χ1n) is 14.2. The fraction of sp³-hybridized carbons (Fsp3) is 0.375. The molecule has 1 aliphatic rings. The number of hydrogen-bond donors (Lipinski definition) is 0. The number of nitrogens with zero attached hydrogens (tertiary/aromatic N) is 4. The summed E-state index contributed by atoms with van der Waals surface area (Å²) in [5, 5.41) is 0. The number of benzene rings is 2. The highest BCUT2D eigenvalue weighted by atomic mass is 32.1. The normalized spacial score (nSPS) is 14.5. The lowest BCUT2D eigenvalue weighted by atomic mass is 10.0. The van der Waals surface area contributed by atoms with Crippen molar-refractivity contribution in [3.63, 3.8) is 0 Å². The van der Waals surface area contributed by atoms with Crippen LogP contribution < -0.4 is 4.74 Å². The van der Waals surface area contributed by atoms with Gasteiger partial charge in [0.2, 0.25) is 0 Å².